The number of nitrogens with one attached hydrogen (secondary N) is 2. The van der Waals surface area contributed by atoms with Crippen LogP contribution in [0.3, 0.4) is 0 Å². The molecule has 3 aliphatic rings. The number of nitrogens with zero attached hydrogens (tertiary/aromatic N) is 1. The van der Waals surface area contributed by atoms with Crippen LogP contribution in [0.5, 0.6) is 0 Å². The van der Waals surface area contributed by atoms with Crippen molar-refractivity contribution in [3.63, 3.8) is 0 Å². The van der Waals surface area contributed by atoms with Crippen LogP contribution in [-0.2, 0) is 11.2 Å². The first-order valence-corrected chi connectivity index (χ1v) is 9.79. The minimum Gasteiger partial charge on any atom is -0.356 e. The molecule has 2 N–H and O–H groups in total. The SMILES string of the molecule is Cc1c(C(=O)N2CCC[C@@]3(CCCNC3=O)[C@@H]2C)[nH]c2c1C(=O)CCC2. The second-order valence-electron chi connectivity index (χ2n) is 8.05. The van der Waals surface area contributed by atoms with Crippen LogP contribution < -0.4 is 5.32 Å². The number of amides is 2. The Labute approximate surface area is 153 Å². The number of ketones is 1. The maximum atomic E-state index is 13.3. The standard InChI is InChI=1S/C20H27N3O3/c1-12-16-14(6-3-7-15(16)24)22-17(12)18(25)23-11-5-9-20(13(23)2)8-4-10-21-19(20)26/h13,22H,3-11H2,1-2H3,(H,21,26)/t13-,20-/m0/s1. The van der Waals surface area contributed by atoms with Gasteiger partial charge in [-0.2, -0.15) is 0 Å². The Kier molecular flexibility index (Phi) is 4.16. The first kappa shape index (κ1) is 17.3. The van der Waals surface area contributed by atoms with Gasteiger partial charge in [0.05, 0.1) is 5.41 Å². The smallest absolute Gasteiger partial charge is 0.270 e. The second-order valence-corrected chi connectivity index (χ2v) is 8.05. The van der Waals surface area contributed by atoms with E-state index in [1.165, 1.54) is 0 Å². The molecule has 2 aliphatic heterocycles. The van der Waals surface area contributed by atoms with Crippen molar-refractivity contribution in [1.82, 2.24) is 15.2 Å². The number of fused-ring (bicyclic) bond motifs is 1. The largest absolute Gasteiger partial charge is 0.356 e. The summed E-state index contributed by atoms with van der Waals surface area (Å²) in [6, 6.07) is -0.139. The van der Waals surface area contributed by atoms with Crippen LogP contribution >= 0.6 is 0 Å². The van der Waals surface area contributed by atoms with Crippen LogP contribution in [0.4, 0.5) is 0 Å². The first-order valence-electron chi connectivity index (χ1n) is 9.79. The molecular formula is C20H27N3O3. The van der Waals surface area contributed by atoms with Gasteiger partial charge in [0.15, 0.2) is 5.78 Å². The van der Waals surface area contributed by atoms with Gasteiger partial charge in [-0.3, -0.25) is 14.4 Å². The molecule has 1 aliphatic carbocycles. The Morgan fingerprint density at radius 3 is 2.65 bits per heavy atom. The van der Waals surface area contributed by atoms with Gasteiger partial charge in [0.2, 0.25) is 5.91 Å². The number of rotatable bonds is 1. The van der Waals surface area contributed by atoms with Crippen LogP contribution in [0, 0.1) is 12.3 Å². The van der Waals surface area contributed by atoms with Gasteiger partial charge in [-0.1, -0.05) is 0 Å². The normalized spacial score (nSPS) is 28.8. The van der Waals surface area contributed by atoms with Gasteiger partial charge in [0, 0.05) is 36.8 Å². The quantitative estimate of drug-likeness (QED) is 0.809. The van der Waals surface area contributed by atoms with Crippen LogP contribution in [0.25, 0.3) is 0 Å². The van der Waals surface area contributed by atoms with Crippen molar-refractivity contribution in [3.05, 3.63) is 22.5 Å². The minimum absolute atomic E-state index is 0.0744. The number of likely N-dealkylation sites (tertiary alicyclic amines) is 1. The van der Waals surface area contributed by atoms with Gasteiger partial charge in [-0.15, -0.1) is 0 Å². The van der Waals surface area contributed by atoms with Crippen molar-refractivity contribution in [2.45, 2.75) is 64.8 Å². The number of hydrogen-bond acceptors (Lipinski definition) is 3. The zero-order valence-electron chi connectivity index (χ0n) is 15.6. The number of piperidine rings is 2. The third kappa shape index (κ3) is 2.42. The van der Waals surface area contributed by atoms with E-state index in [0.717, 1.165) is 61.9 Å². The zero-order chi connectivity index (χ0) is 18.5. The van der Waals surface area contributed by atoms with Crippen LogP contribution in [-0.4, -0.2) is 46.6 Å². The molecule has 0 saturated carbocycles. The summed E-state index contributed by atoms with van der Waals surface area (Å²) >= 11 is 0. The Morgan fingerprint density at radius 1 is 1.15 bits per heavy atom. The molecule has 6 heteroatoms. The number of H-pyrrole nitrogens is 1. The van der Waals surface area contributed by atoms with Crippen LogP contribution in [0.1, 0.15) is 77.6 Å². The molecule has 1 spiro atoms. The van der Waals surface area contributed by atoms with E-state index in [9.17, 15) is 14.4 Å². The van der Waals surface area contributed by atoms with E-state index in [2.05, 4.69) is 10.3 Å². The molecule has 140 valence electrons. The maximum Gasteiger partial charge on any atom is 0.270 e. The number of aryl methyl sites for hydroxylation is 1. The number of carbonyl (C=O) groups is 3. The fraction of sp³-hybridized carbons (Fsp3) is 0.650. The lowest BCUT2D eigenvalue weighted by atomic mass is 9.68. The predicted octanol–water partition coefficient (Wildman–Crippen LogP) is 2.36. The van der Waals surface area contributed by atoms with E-state index < -0.39 is 5.41 Å². The highest BCUT2D eigenvalue weighted by atomic mass is 16.2. The summed E-state index contributed by atoms with van der Waals surface area (Å²) in [6.07, 6.45) is 5.68. The van der Waals surface area contributed by atoms with Gasteiger partial charge in [0.1, 0.15) is 5.69 Å². The molecule has 0 bridgehead atoms. The summed E-state index contributed by atoms with van der Waals surface area (Å²) in [4.78, 5) is 43.4. The molecule has 0 radical (unpaired) electrons. The van der Waals surface area contributed by atoms with Gasteiger partial charge in [-0.05, 0) is 57.9 Å². The fourth-order valence-electron chi connectivity index (χ4n) is 5.21. The Balaban J connectivity index is 1.66. The molecule has 0 unspecified atom stereocenters. The molecule has 2 amide bonds. The van der Waals surface area contributed by atoms with Crippen molar-refractivity contribution in [2.24, 2.45) is 5.41 Å². The summed E-state index contributed by atoms with van der Waals surface area (Å²) in [5.74, 6) is 0.148. The van der Waals surface area contributed by atoms with E-state index in [4.69, 9.17) is 0 Å². The molecule has 1 aromatic heterocycles. The third-order valence-corrected chi connectivity index (χ3v) is 6.74. The summed E-state index contributed by atoms with van der Waals surface area (Å²) in [5.41, 5.74) is 2.45. The number of aromatic amines is 1. The number of aromatic nitrogens is 1. The van der Waals surface area contributed by atoms with E-state index in [0.29, 0.717) is 18.7 Å². The molecule has 2 saturated heterocycles. The van der Waals surface area contributed by atoms with E-state index in [1.807, 2.05) is 18.7 Å². The second kappa shape index (κ2) is 6.25. The highest BCUT2D eigenvalue weighted by molar-refractivity contribution is 6.04. The average Bonchev–Trinajstić information content (AvgIpc) is 2.97. The van der Waals surface area contributed by atoms with Gasteiger partial charge >= 0.3 is 0 Å². The molecule has 6 nitrogen and oxygen atoms in total. The molecule has 2 fully saturated rings. The number of carbonyl (C=O) groups excluding carboxylic acids is 3. The molecule has 2 atom stereocenters. The van der Waals surface area contributed by atoms with Crippen molar-refractivity contribution < 1.29 is 14.4 Å². The Bertz CT molecular complexity index is 778. The third-order valence-electron chi connectivity index (χ3n) is 6.74. The van der Waals surface area contributed by atoms with E-state index >= 15 is 0 Å². The monoisotopic (exact) mass is 357 g/mol. The summed E-state index contributed by atoms with van der Waals surface area (Å²) in [5, 5.41) is 3.00. The van der Waals surface area contributed by atoms with Crippen molar-refractivity contribution in [1.29, 1.82) is 0 Å². The lowest BCUT2D eigenvalue weighted by Gasteiger charge is -2.49. The number of Topliss-reactive ketones (excluding diaryl/α,β-unsaturated/α-hetero) is 1. The lowest BCUT2D eigenvalue weighted by molar-refractivity contribution is -0.140. The van der Waals surface area contributed by atoms with Crippen LogP contribution in [0.2, 0.25) is 0 Å². The maximum absolute atomic E-state index is 13.3. The van der Waals surface area contributed by atoms with Crippen molar-refractivity contribution in [2.75, 3.05) is 13.1 Å². The van der Waals surface area contributed by atoms with Gasteiger partial charge in [-0.25, -0.2) is 0 Å². The topological polar surface area (TPSA) is 82.3 Å². The summed E-state index contributed by atoms with van der Waals surface area (Å²) in [6.45, 7) is 5.26. The summed E-state index contributed by atoms with van der Waals surface area (Å²) in [7, 11) is 0. The molecule has 4 rings (SSSR count). The van der Waals surface area contributed by atoms with E-state index in [-0.39, 0.29) is 23.6 Å². The Hall–Kier alpha value is -2.11. The molecular weight excluding hydrogens is 330 g/mol. The number of hydrogen-bond donors (Lipinski definition) is 2. The minimum atomic E-state index is -0.470. The van der Waals surface area contributed by atoms with Gasteiger partial charge in [0.25, 0.3) is 5.91 Å². The highest BCUT2D eigenvalue weighted by Gasteiger charge is 2.50. The molecule has 26 heavy (non-hydrogen) atoms. The summed E-state index contributed by atoms with van der Waals surface area (Å²) < 4.78 is 0. The molecule has 1 aromatic rings. The van der Waals surface area contributed by atoms with Crippen LogP contribution in [0.15, 0.2) is 0 Å². The van der Waals surface area contributed by atoms with E-state index in [1.54, 1.807) is 0 Å². The first-order chi connectivity index (χ1) is 12.5. The highest BCUT2D eigenvalue weighted by Crippen LogP contribution is 2.42. The van der Waals surface area contributed by atoms with Gasteiger partial charge < -0.3 is 15.2 Å². The lowest BCUT2D eigenvalue weighted by Crippen LogP contribution is -2.61. The predicted molar refractivity (Wildman–Crippen MR) is 97.2 cm³/mol. The average molecular weight is 357 g/mol. The van der Waals surface area contributed by atoms with Crippen molar-refractivity contribution >= 4 is 17.6 Å². The molecule has 3 heterocycles. The van der Waals surface area contributed by atoms with Crippen molar-refractivity contribution in [3.8, 4) is 0 Å². The Morgan fingerprint density at radius 2 is 1.92 bits per heavy atom. The molecule has 0 aromatic carbocycles. The zero-order valence-corrected chi connectivity index (χ0v) is 15.6. The fourth-order valence-corrected chi connectivity index (χ4v) is 5.21.